The van der Waals surface area contributed by atoms with Crippen molar-refractivity contribution in [1.29, 1.82) is 0 Å². The summed E-state index contributed by atoms with van der Waals surface area (Å²) < 4.78 is 5.83. The first-order valence-corrected chi connectivity index (χ1v) is 9.62. The minimum Gasteiger partial charge on any atom is -0.457 e. The monoisotopic (exact) mass is 400 g/mol. The van der Waals surface area contributed by atoms with Crippen LogP contribution in [0.2, 0.25) is 0 Å². The van der Waals surface area contributed by atoms with E-state index in [-0.39, 0.29) is 11.8 Å². The number of ether oxygens (including phenoxy) is 1. The topological polar surface area (TPSA) is 58.6 Å². The van der Waals surface area contributed by atoms with Crippen LogP contribution in [0, 0.1) is 0 Å². The Bertz CT molecular complexity index is 1030. The van der Waals surface area contributed by atoms with Gasteiger partial charge in [-0.15, -0.1) is 0 Å². The number of carbonyl (C=O) groups excluding carboxylic acids is 2. The Hall–Kier alpha value is -3.86. The summed E-state index contributed by atoms with van der Waals surface area (Å²) in [6.45, 7) is 0.453. The Morgan fingerprint density at radius 2 is 1.63 bits per heavy atom. The van der Waals surface area contributed by atoms with Crippen LogP contribution in [-0.2, 0) is 11.3 Å². The lowest BCUT2D eigenvalue weighted by Crippen LogP contribution is -2.24. The van der Waals surface area contributed by atoms with E-state index in [2.05, 4.69) is 5.32 Å². The molecule has 3 aromatic rings. The van der Waals surface area contributed by atoms with E-state index in [1.165, 1.54) is 0 Å². The number of carbonyl (C=O) groups is 2. The van der Waals surface area contributed by atoms with Crippen LogP contribution in [-0.4, -0.2) is 30.8 Å². The molecule has 152 valence electrons. The molecule has 0 fully saturated rings. The van der Waals surface area contributed by atoms with Crippen molar-refractivity contribution in [1.82, 2.24) is 10.2 Å². The number of hydrogen-bond acceptors (Lipinski definition) is 3. The summed E-state index contributed by atoms with van der Waals surface area (Å²) in [5, 5.41) is 2.59. The van der Waals surface area contributed by atoms with E-state index in [1.807, 2.05) is 66.7 Å². The third-order valence-corrected chi connectivity index (χ3v) is 4.49. The van der Waals surface area contributed by atoms with Crippen molar-refractivity contribution in [3.05, 3.63) is 102 Å². The molecule has 3 rings (SSSR count). The molecule has 0 spiro atoms. The summed E-state index contributed by atoms with van der Waals surface area (Å²) in [7, 11) is 3.34. The molecule has 1 N–H and O–H groups in total. The Morgan fingerprint density at radius 3 is 2.33 bits per heavy atom. The van der Waals surface area contributed by atoms with Gasteiger partial charge in [0, 0.05) is 32.3 Å². The van der Waals surface area contributed by atoms with Gasteiger partial charge in [0.1, 0.15) is 11.5 Å². The van der Waals surface area contributed by atoms with Gasteiger partial charge in [-0.1, -0.05) is 42.5 Å². The lowest BCUT2D eigenvalue weighted by atomic mass is 10.1. The number of nitrogens with zero attached hydrogens (tertiary/aromatic N) is 1. The fraction of sp³-hybridized carbons (Fsp3) is 0.120. The second-order valence-corrected chi connectivity index (χ2v) is 6.79. The fourth-order valence-corrected chi connectivity index (χ4v) is 2.86. The molecule has 0 aliphatic rings. The van der Waals surface area contributed by atoms with Gasteiger partial charge in [-0.3, -0.25) is 9.59 Å². The van der Waals surface area contributed by atoms with Gasteiger partial charge in [0.15, 0.2) is 0 Å². The van der Waals surface area contributed by atoms with Crippen molar-refractivity contribution < 1.29 is 14.3 Å². The van der Waals surface area contributed by atoms with Crippen molar-refractivity contribution in [2.45, 2.75) is 6.54 Å². The summed E-state index contributed by atoms with van der Waals surface area (Å²) in [5.74, 6) is 1.23. The first-order chi connectivity index (χ1) is 14.5. The van der Waals surface area contributed by atoms with Gasteiger partial charge in [-0.2, -0.15) is 0 Å². The smallest absolute Gasteiger partial charge is 0.251 e. The minimum absolute atomic E-state index is 0.111. The number of hydrogen-bond donors (Lipinski definition) is 1. The van der Waals surface area contributed by atoms with E-state index in [1.54, 1.807) is 43.3 Å². The summed E-state index contributed by atoms with van der Waals surface area (Å²) in [4.78, 5) is 25.7. The van der Waals surface area contributed by atoms with Crippen molar-refractivity contribution in [3.8, 4) is 11.5 Å². The van der Waals surface area contributed by atoms with Gasteiger partial charge in [0.25, 0.3) is 5.91 Å². The molecule has 0 heterocycles. The predicted octanol–water partition coefficient (Wildman–Crippen LogP) is 4.51. The first kappa shape index (κ1) is 20.9. The quantitative estimate of drug-likeness (QED) is 0.594. The van der Waals surface area contributed by atoms with E-state index in [9.17, 15) is 9.59 Å². The summed E-state index contributed by atoms with van der Waals surface area (Å²) in [5.41, 5.74) is 2.41. The highest BCUT2D eigenvalue weighted by molar-refractivity contribution is 5.94. The van der Waals surface area contributed by atoms with Crippen LogP contribution in [0.3, 0.4) is 0 Å². The average molecular weight is 400 g/mol. The second-order valence-electron chi connectivity index (χ2n) is 6.79. The third kappa shape index (κ3) is 5.82. The molecule has 2 amide bonds. The molecule has 0 radical (unpaired) electrons. The largest absolute Gasteiger partial charge is 0.457 e. The molecule has 5 heteroatoms. The molecule has 0 aliphatic carbocycles. The van der Waals surface area contributed by atoms with Gasteiger partial charge < -0.3 is 15.0 Å². The fourth-order valence-electron chi connectivity index (χ4n) is 2.86. The lowest BCUT2D eigenvalue weighted by molar-refractivity contribution is -0.125. The number of para-hydroxylation sites is 1. The number of amides is 2. The zero-order valence-electron chi connectivity index (χ0n) is 17.0. The van der Waals surface area contributed by atoms with E-state index in [4.69, 9.17) is 4.74 Å². The summed E-state index contributed by atoms with van der Waals surface area (Å²) in [6, 6.07) is 24.3. The molecular formula is C25H24N2O3. The SMILES string of the molecule is CNC(=O)c1ccc(CN(C)C(=O)/C=C/c2cccc(Oc3ccccc3)c2)cc1. The van der Waals surface area contributed by atoms with Crippen molar-refractivity contribution in [2.75, 3.05) is 14.1 Å². The van der Waals surface area contributed by atoms with Crippen LogP contribution in [0.25, 0.3) is 6.08 Å². The normalized spacial score (nSPS) is 10.6. The maximum atomic E-state index is 12.5. The van der Waals surface area contributed by atoms with Gasteiger partial charge >= 0.3 is 0 Å². The Kier molecular flexibility index (Phi) is 7.00. The van der Waals surface area contributed by atoms with Crippen molar-refractivity contribution >= 4 is 17.9 Å². The van der Waals surface area contributed by atoms with E-state index < -0.39 is 0 Å². The molecule has 0 unspecified atom stereocenters. The minimum atomic E-state index is -0.132. The summed E-state index contributed by atoms with van der Waals surface area (Å²) >= 11 is 0. The zero-order valence-corrected chi connectivity index (χ0v) is 17.0. The van der Waals surface area contributed by atoms with Crippen LogP contribution in [0.5, 0.6) is 11.5 Å². The van der Waals surface area contributed by atoms with Crippen LogP contribution in [0.15, 0.2) is 84.9 Å². The maximum absolute atomic E-state index is 12.5. The summed E-state index contributed by atoms with van der Waals surface area (Å²) in [6.07, 6.45) is 3.31. The highest BCUT2D eigenvalue weighted by Crippen LogP contribution is 2.22. The van der Waals surface area contributed by atoms with Gasteiger partial charge in [-0.05, 0) is 53.6 Å². The molecule has 0 aliphatic heterocycles. The molecule has 5 nitrogen and oxygen atoms in total. The van der Waals surface area contributed by atoms with Crippen LogP contribution in [0.4, 0.5) is 0 Å². The zero-order chi connectivity index (χ0) is 21.3. The standard InChI is InChI=1S/C25H24N2O3/c1-26-25(29)21-14-11-20(12-15-21)18-27(2)24(28)16-13-19-7-6-10-23(17-19)30-22-8-4-3-5-9-22/h3-17H,18H2,1-2H3,(H,26,29)/b16-13+. The number of nitrogens with one attached hydrogen (secondary N) is 1. The Balaban J connectivity index is 1.59. The van der Waals surface area contributed by atoms with E-state index in [0.29, 0.717) is 17.9 Å². The molecule has 0 bridgehead atoms. The van der Waals surface area contributed by atoms with Crippen molar-refractivity contribution in [3.63, 3.8) is 0 Å². The molecular weight excluding hydrogens is 376 g/mol. The van der Waals surface area contributed by atoms with E-state index >= 15 is 0 Å². The van der Waals surface area contributed by atoms with Crippen LogP contribution >= 0.6 is 0 Å². The second kappa shape index (κ2) is 10.1. The maximum Gasteiger partial charge on any atom is 0.251 e. The molecule has 0 aromatic heterocycles. The predicted molar refractivity (Wildman–Crippen MR) is 118 cm³/mol. The highest BCUT2D eigenvalue weighted by Gasteiger charge is 2.08. The average Bonchev–Trinajstić information content (AvgIpc) is 2.78. The molecule has 0 saturated carbocycles. The van der Waals surface area contributed by atoms with Crippen LogP contribution < -0.4 is 10.1 Å². The van der Waals surface area contributed by atoms with Crippen LogP contribution in [0.1, 0.15) is 21.5 Å². The molecule has 30 heavy (non-hydrogen) atoms. The molecule has 0 saturated heterocycles. The Morgan fingerprint density at radius 1 is 0.933 bits per heavy atom. The van der Waals surface area contributed by atoms with Crippen molar-refractivity contribution in [2.24, 2.45) is 0 Å². The lowest BCUT2D eigenvalue weighted by Gasteiger charge is -2.15. The third-order valence-electron chi connectivity index (χ3n) is 4.49. The van der Waals surface area contributed by atoms with Gasteiger partial charge in [0.2, 0.25) is 5.91 Å². The molecule has 3 aromatic carbocycles. The van der Waals surface area contributed by atoms with E-state index in [0.717, 1.165) is 16.9 Å². The number of likely N-dealkylation sites (N-methyl/N-ethyl adjacent to an activating group) is 1. The first-order valence-electron chi connectivity index (χ1n) is 9.62. The highest BCUT2D eigenvalue weighted by atomic mass is 16.5. The molecule has 0 atom stereocenters. The number of benzene rings is 3. The Labute approximate surface area is 176 Å². The number of rotatable bonds is 7. The van der Waals surface area contributed by atoms with Gasteiger partial charge in [-0.25, -0.2) is 0 Å². The van der Waals surface area contributed by atoms with Gasteiger partial charge in [0.05, 0.1) is 0 Å².